The highest BCUT2D eigenvalue weighted by Gasteiger charge is 2.17. The van der Waals surface area contributed by atoms with E-state index in [4.69, 9.17) is 0 Å². The molecule has 1 fully saturated rings. The van der Waals surface area contributed by atoms with Crippen LogP contribution in [0.5, 0.6) is 0 Å². The molecule has 1 rings (SSSR count). The molecule has 1 unspecified atom stereocenters. The van der Waals surface area contributed by atoms with E-state index < -0.39 is 9.84 Å². The van der Waals surface area contributed by atoms with E-state index in [2.05, 4.69) is 5.32 Å². The molecule has 1 saturated heterocycles. The van der Waals surface area contributed by atoms with Gasteiger partial charge < -0.3 is 10.2 Å². The number of nitrogens with one attached hydrogen (secondary N) is 1. The van der Waals surface area contributed by atoms with Crippen LogP contribution in [-0.2, 0) is 14.6 Å². The molecule has 0 bridgehead atoms. The number of amides is 1. The molecule has 0 aromatic heterocycles. The minimum Gasteiger partial charge on any atom is -0.345 e. The summed E-state index contributed by atoms with van der Waals surface area (Å²) in [4.78, 5) is 13.2. The standard InChI is InChI=1S/C11H22N2O3S/c1-13(8-9-17(2,15)16)11(14)6-5-10-4-3-7-12-10/h10,12H,3-9H2,1-2H3. The highest BCUT2D eigenvalue weighted by Crippen LogP contribution is 2.11. The number of sulfone groups is 1. The van der Waals surface area contributed by atoms with Crippen molar-refractivity contribution < 1.29 is 13.2 Å². The van der Waals surface area contributed by atoms with Crippen LogP contribution >= 0.6 is 0 Å². The van der Waals surface area contributed by atoms with Crippen molar-refractivity contribution in [3.8, 4) is 0 Å². The van der Waals surface area contributed by atoms with Crippen LogP contribution in [-0.4, -0.2) is 57.4 Å². The van der Waals surface area contributed by atoms with Crippen molar-refractivity contribution in [3.05, 3.63) is 0 Å². The first-order chi connectivity index (χ1) is 7.88. The van der Waals surface area contributed by atoms with E-state index in [0.717, 1.165) is 19.4 Å². The van der Waals surface area contributed by atoms with Crippen LogP contribution < -0.4 is 5.32 Å². The molecule has 0 aromatic carbocycles. The minimum absolute atomic E-state index is 0.0300. The third-order valence-corrected chi connectivity index (χ3v) is 4.02. The maximum absolute atomic E-state index is 11.7. The summed E-state index contributed by atoms with van der Waals surface area (Å²) >= 11 is 0. The minimum atomic E-state index is -2.99. The quantitative estimate of drug-likeness (QED) is 0.733. The Morgan fingerprint density at radius 1 is 1.47 bits per heavy atom. The topological polar surface area (TPSA) is 66.5 Å². The summed E-state index contributed by atoms with van der Waals surface area (Å²) in [6.07, 6.45) is 4.86. The number of hydrogen-bond acceptors (Lipinski definition) is 4. The summed E-state index contributed by atoms with van der Waals surface area (Å²) in [5, 5.41) is 3.34. The van der Waals surface area contributed by atoms with Gasteiger partial charge in [-0.05, 0) is 25.8 Å². The van der Waals surface area contributed by atoms with Gasteiger partial charge in [0.05, 0.1) is 5.75 Å². The van der Waals surface area contributed by atoms with E-state index in [-0.39, 0.29) is 18.2 Å². The van der Waals surface area contributed by atoms with Gasteiger partial charge in [-0.15, -0.1) is 0 Å². The fourth-order valence-corrected chi connectivity index (χ4v) is 2.52. The Balaban J connectivity index is 2.21. The molecule has 0 aliphatic carbocycles. The van der Waals surface area contributed by atoms with Gasteiger partial charge in [0, 0.05) is 32.3 Å². The Bertz CT molecular complexity index is 348. The van der Waals surface area contributed by atoms with Crippen molar-refractivity contribution in [2.24, 2.45) is 0 Å². The monoisotopic (exact) mass is 262 g/mol. The van der Waals surface area contributed by atoms with Gasteiger partial charge in [-0.1, -0.05) is 0 Å². The second kappa shape index (κ2) is 6.35. The Labute approximate surface area is 103 Å². The van der Waals surface area contributed by atoms with Gasteiger partial charge >= 0.3 is 0 Å². The molecule has 1 aliphatic rings. The zero-order valence-electron chi connectivity index (χ0n) is 10.6. The van der Waals surface area contributed by atoms with Gasteiger partial charge in [-0.3, -0.25) is 4.79 Å². The molecule has 0 saturated carbocycles. The Hall–Kier alpha value is -0.620. The predicted molar refractivity (Wildman–Crippen MR) is 67.6 cm³/mol. The van der Waals surface area contributed by atoms with Crippen molar-refractivity contribution >= 4 is 15.7 Å². The SMILES string of the molecule is CN(CCS(C)(=O)=O)C(=O)CCC1CCCN1. The third-order valence-electron chi connectivity index (χ3n) is 3.09. The average Bonchev–Trinajstić information content (AvgIpc) is 2.74. The molecule has 0 radical (unpaired) electrons. The lowest BCUT2D eigenvalue weighted by atomic mass is 10.1. The Kier molecular flexibility index (Phi) is 5.39. The summed E-state index contributed by atoms with van der Waals surface area (Å²) in [5.74, 6) is 0.0686. The highest BCUT2D eigenvalue weighted by atomic mass is 32.2. The lowest BCUT2D eigenvalue weighted by molar-refractivity contribution is -0.129. The van der Waals surface area contributed by atoms with Crippen molar-refractivity contribution in [1.82, 2.24) is 10.2 Å². The Morgan fingerprint density at radius 3 is 2.71 bits per heavy atom. The average molecular weight is 262 g/mol. The molecule has 17 heavy (non-hydrogen) atoms. The van der Waals surface area contributed by atoms with Crippen molar-refractivity contribution in [2.45, 2.75) is 31.7 Å². The molecule has 0 aromatic rings. The number of hydrogen-bond donors (Lipinski definition) is 1. The largest absolute Gasteiger partial charge is 0.345 e. The summed E-state index contributed by atoms with van der Waals surface area (Å²) in [6, 6.07) is 0.460. The molecule has 100 valence electrons. The van der Waals surface area contributed by atoms with Gasteiger partial charge in [-0.25, -0.2) is 8.42 Å². The summed E-state index contributed by atoms with van der Waals surface area (Å²) < 4.78 is 22.0. The van der Waals surface area contributed by atoms with Crippen LogP contribution in [0.15, 0.2) is 0 Å². The van der Waals surface area contributed by atoms with Crippen molar-refractivity contribution in [2.75, 3.05) is 32.1 Å². The van der Waals surface area contributed by atoms with E-state index in [1.165, 1.54) is 17.6 Å². The molecular formula is C11H22N2O3S. The normalized spacial score (nSPS) is 20.5. The highest BCUT2D eigenvalue weighted by molar-refractivity contribution is 7.90. The van der Waals surface area contributed by atoms with Gasteiger partial charge in [0.25, 0.3) is 0 Å². The van der Waals surface area contributed by atoms with Crippen LogP contribution in [0.2, 0.25) is 0 Å². The molecule has 1 aliphatic heterocycles. The molecule has 1 amide bonds. The lowest BCUT2D eigenvalue weighted by Gasteiger charge is -2.17. The summed E-state index contributed by atoms with van der Waals surface area (Å²) in [5.41, 5.74) is 0. The van der Waals surface area contributed by atoms with Crippen LogP contribution in [0.25, 0.3) is 0 Å². The van der Waals surface area contributed by atoms with E-state index in [0.29, 0.717) is 12.5 Å². The van der Waals surface area contributed by atoms with Gasteiger partial charge in [0.2, 0.25) is 5.91 Å². The fourth-order valence-electron chi connectivity index (χ4n) is 1.92. The molecule has 5 nitrogen and oxygen atoms in total. The maximum Gasteiger partial charge on any atom is 0.222 e. The lowest BCUT2D eigenvalue weighted by Crippen LogP contribution is -2.32. The van der Waals surface area contributed by atoms with Crippen LogP contribution in [0.3, 0.4) is 0 Å². The van der Waals surface area contributed by atoms with E-state index >= 15 is 0 Å². The van der Waals surface area contributed by atoms with Crippen LogP contribution in [0.1, 0.15) is 25.7 Å². The summed E-state index contributed by atoms with van der Waals surface area (Å²) in [7, 11) is -1.33. The van der Waals surface area contributed by atoms with Crippen LogP contribution in [0, 0.1) is 0 Å². The van der Waals surface area contributed by atoms with Gasteiger partial charge in [0.15, 0.2) is 0 Å². The first-order valence-corrected chi connectivity index (χ1v) is 8.09. The molecule has 1 heterocycles. The van der Waals surface area contributed by atoms with E-state index in [1.807, 2.05) is 0 Å². The first kappa shape index (κ1) is 14.4. The van der Waals surface area contributed by atoms with Crippen LogP contribution in [0.4, 0.5) is 0 Å². The van der Waals surface area contributed by atoms with Crippen molar-refractivity contribution in [1.29, 1.82) is 0 Å². The second-order valence-corrected chi connectivity index (χ2v) is 7.04. The molecule has 1 atom stereocenters. The number of carbonyl (C=O) groups excluding carboxylic acids is 1. The number of nitrogens with zero attached hydrogens (tertiary/aromatic N) is 1. The van der Waals surface area contributed by atoms with E-state index in [1.54, 1.807) is 7.05 Å². The molecular weight excluding hydrogens is 240 g/mol. The molecule has 6 heteroatoms. The smallest absolute Gasteiger partial charge is 0.222 e. The maximum atomic E-state index is 11.7. The number of rotatable bonds is 6. The summed E-state index contributed by atoms with van der Waals surface area (Å²) in [6.45, 7) is 1.33. The molecule has 0 spiro atoms. The molecule has 1 N–H and O–H groups in total. The van der Waals surface area contributed by atoms with Gasteiger partial charge in [0.1, 0.15) is 9.84 Å². The predicted octanol–water partition coefficient (Wildman–Crippen LogP) is 0.0216. The van der Waals surface area contributed by atoms with Crippen molar-refractivity contribution in [3.63, 3.8) is 0 Å². The van der Waals surface area contributed by atoms with Gasteiger partial charge in [-0.2, -0.15) is 0 Å². The second-order valence-electron chi connectivity index (χ2n) is 4.78. The van der Waals surface area contributed by atoms with E-state index in [9.17, 15) is 13.2 Å². The zero-order valence-corrected chi connectivity index (χ0v) is 11.4. The third kappa shape index (κ3) is 6.02. The first-order valence-electron chi connectivity index (χ1n) is 6.03. The fraction of sp³-hybridized carbons (Fsp3) is 0.909. The Morgan fingerprint density at radius 2 is 2.18 bits per heavy atom. The zero-order chi connectivity index (χ0) is 12.9. The number of carbonyl (C=O) groups is 1.